The lowest BCUT2D eigenvalue weighted by atomic mass is 9.68. The van der Waals surface area contributed by atoms with Crippen LogP contribution in [0.15, 0.2) is 42.9 Å². The van der Waals surface area contributed by atoms with Gasteiger partial charge in [-0.25, -0.2) is 9.37 Å². The van der Waals surface area contributed by atoms with Crippen LogP contribution in [0.25, 0.3) is 22.5 Å². The third kappa shape index (κ3) is 3.86. The van der Waals surface area contributed by atoms with Crippen molar-refractivity contribution in [3.63, 3.8) is 0 Å². The molecule has 0 unspecified atom stereocenters. The minimum Gasteiger partial charge on any atom is -0.507 e. The van der Waals surface area contributed by atoms with E-state index in [-0.39, 0.29) is 17.3 Å². The summed E-state index contributed by atoms with van der Waals surface area (Å²) in [4.78, 5) is 11.0. The number of fused-ring (bicyclic) bond motifs is 2. The number of piperidine rings is 2. The van der Waals surface area contributed by atoms with Gasteiger partial charge in [0.05, 0.1) is 29.8 Å². The molecular weight excluding hydrogens is 419 g/mol. The fraction of sp³-hybridized carbons (Fsp3) is 0.480. The van der Waals surface area contributed by atoms with Crippen LogP contribution in [0.5, 0.6) is 5.75 Å². The molecule has 2 N–H and O–H groups in total. The summed E-state index contributed by atoms with van der Waals surface area (Å²) >= 11 is 0. The Morgan fingerprint density at radius 3 is 2.64 bits per heavy atom. The highest BCUT2D eigenvalue weighted by Gasteiger charge is 2.53. The molecule has 5 rings (SSSR count). The van der Waals surface area contributed by atoms with E-state index in [0.29, 0.717) is 17.1 Å². The first-order valence-corrected chi connectivity index (χ1v) is 11.5. The zero-order valence-electron chi connectivity index (χ0n) is 19.6. The van der Waals surface area contributed by atoms with E-state index >= 15 is 4.39 Å². The average molecular weight is 451 g/mol. The zero-order valence-corrected chi connectivity index (χ0v) is 19.6. The number of nitrogens with one attached hydrogen (secondary N) is 1. The van der Waals surface area contributed by atoms with Crippen molar-refractivity contribution in [3.8, 4) is 28.3 Å². The van der Waals surface area contributed by atoms with Crippen LogP contribution in [0.2, 0.25) is 0 Å². The molecule has 4 heterocycles. The first-order valence-electron chi connectivity index (χ1n) is 11.5. The molecule has 2 aliphatic heterocycles. The summed E-state index contributed by atoms with van der Waals surface area (Å²) in [7, 11) is 3.75. The highest BCUT2D eigenvalue weighted by molar-refractivity contribution is 5.72. The molecule has 4 atom stereocenters. The van der Waals surface area contributed by atoms with Crippen LogP contribution in [-0.4, -0.2) is 55.2 Å². The minimum atomic E-state index is -1.000. The number of phenols is 1. The number of aromatic nitrogens is 4. The maximum absolute atomic E-state index is 15.6. The van der Waals surface area contributed by atoms with Crippen LogP contribution in [-0.2, 0) is 7.05 Å². The predicted octanol–water partition coefficient (Wildman–Crippen LogP) is 4.09. The van der Waals surface area contributed by atoms with Gasteiger partial charge in [-0.3, -0.25) is 9.67 Å². The summed E-state index contributed by atoms with van der Waals surface area (Å²) in [5, 5.41) is 18.6. The summed E-state index contributed by atoms with van der Waals surface area (Å²) in [6, 6.07) is 7.03. The first kappa shape index (κ1) is 21.8. The molecule has 3 aromatic rings. The third-order valence-corrected chi connectivity index (χ3v) is 7.40. The van der Waals surface area contributed by atoms with Gasteiger partial charge in [0.1, 0.15) is 17.7 Å². The largest absolute Gasteiger partial charge is 0.507 e. The molecule has 7 nitrogen and oxygen atoms in total. The second-order valence-corrected chi connectivity index (χ2v) is 10.1. The molecule has 174 valence electrons. The maximum atomic E-state index is 15.6. The second-order valence-electron chi connectivity index (χ2n) is 10.1. The molecule has 0 amide bonds. The standard InChI is InChI=1S/C25H31FN6O/c1-24-9-5-10-25(2,30-24)23(26)20(13-24)32(4)22-15-27-19(14-28-22)17-7-6-16(12-21(17)33)18-8-11-31(3)29-18/h6-8,11-12,14-15,20,23,30,33H,5,9-10,13H2,1-4H3/t20-,23-,24-,25+/m1/s1. The molecule has 2 bridgehead atoms. The van der Waals surface area contributed by atoms with Gasteiger partial charge in [-0.1, -0.05) is 6.07 Å². The fourth-order valence-corrected chi connectivity index (χ4v) is 5.63. The molecule has 1 aromatic carbocycles. The predicted molar refractivity (Wildman–Crippen MR) is 127 cm³/mol. The number of benzene rings is 1. The van der Waals surface area contributed by atoms with Crippen molar-refractivity contribution in [2.45, 2.75) is 62.8 Å². The van der Waals surface area contributed by atoms with Gasteiger partial charge in [0.15, 0.2) is 0 Å². The normalized spacial score (nSPS) is 29.1. The number of rotatable bonds is 4. The van der Waals surface area contributed by atoms with Crippen molar-refractivity contribution in [1.82, 2.24) is 25.1 Å². The summed E-state index contributed by atoms with van der Waals surface area (Å²) in [6.45, 7) is 4.20. The summed E-state index contributed by atoms with van der Waals surface area (Å²) in [6.07, 6.45) is 7.83. The van der Waals surface area contributed by atoms with Crippen molar-refractivity contribution >= 4 is 5.82 Å². The minimum absolute atomic E-state index is 0.0664. The van der Waals surface area contributed by atoms with Crippen LogP contribution < -0.4 is 10.2 Å². The molecule has 2 fully saturated rings. The van der Waals surface area contributed by atoms with Crippen LogP contribution in [0.3, 0.4) is 0 Å². The van der Waals surface area contributed by atoms with E-state index < -0.39 is 11.7 Å². The highest BCUT2D eigenvalue weighted by atomic mass is 19.1. The van der Waals surface area contributed by atoms with Gasteiger partial charge in [0, 0.05) is 42.5 Å². The van der Waals surface area contributed by atoms with Crippen molar-refractivity contribution in [1.29, 1.82) is 0 Å². The number of nitrogens with zero attached hydrogens (tertiary/aromatic N) is 5. The molecule has 2 aromatic heterocycles. The van der Waals surface area contributed by atoms with E-state index in [1.165, 1.54) is 0 Å². The van der Waals surface area contributed by atoms with E-state index in [1.807, 2.05) is 50.3 Å². The molecule has 8 heteroatoms. The molecule has 0 spiro atoms. The number of halogens is 1. The number of anilines is 1. The molecule has 0 radical (unpaired) electrons. The Morgan fingerprint density at radius 1 is 1.15 bits per heavy atom. The lowest BCUT2D eigenvalue weighted by Crippen LogP contribution is -2.72. The quantitative estimate of drug-likeness (QED) is 0.623. The Bertz CT molecular complexity index is 1160. The van der Waals surface area contributed by atoms with Gasteiger partial charge in [-0.2, -0.15) is 5.10 Å². The maximum Gasteiger partial charge on any atom is 0.147 e. The summed E-state index contributed by atoms with van der Waals surface area (Å²) in [5.41, 5.74) is 2.19. The molecule has 0 saturated carbocycles. The number of hydrogen-bond donors (Lipinski definition) is 2. The van der Waals surface area contributed by atoms with E-state index in [4.69, 9.17) is 0 Å². The highest BCUT2D eigenvalue weighted by Crippen LogP contribution is 2.43. The van der Waals surface area contributed by atoms with Crippen molar-refractivity contribution < 1.29 is 9.50 Å². The Balaban J connectivity index is 1.37. The smallest absolute Gasteiger partial charge is 0.147 e. The van der Waals surface area contributed by atoms with Gasteiger partial charge in [0.2, 0.25) is 0 Å². The van der Waals surface area contributed by atoms with Crippen molar-refractivity contribution in [2.24, 2.45) is 7.05 Å². The number of aryl methyl sites for hydroxylation is 1. The lowest BCUT2D eigenvalue weighted by Gasteiger charge is -2.56. The Labute approximate surface area is 193 Å². The van der Waals surface area contributed by atoms with Crippen molar-refractivity contribution in [2.75, 3.05) is 11.9 Å². The van der Waals surface area contributed by atoms with E-state index in [0.717, 1.165) is 36.9 Å². The number of alkyl halides is 1. The van der Waals surface area contributed by atoms with Crippen LogP contribution in [0, 0.1) is 0 Å². The number of phenolic OH excluding ortho intramolecular Hbond substituents is 1. The summed E-state index contributed by atoms with van der Waals surface area (Å²) < 4.78 is 17.3. The summed E-state index contributed by atoms with van der Waals surface area (Å²) in [5.74, 6) is 0.743. The average Bonchev–Trinajstić information content (AvgIpc) is 3.22. The van der Waals surface area contributed by atoms with E-state index in [2.05, 4.69) is 27.3 Å². The third-order valence-electron chi connectivity index (χ3n) is 7.40. The molecule has 2 aliphatic rings. The van der Waals surface area contributed by atoms with Crippen LogP contribution in [0.4, 0.5) is 10.2 Å². The number of hydrogen-bond acceptors (Lipinski definition) is 6. The van der Waals surface area contributed by atoms with Gasteiger partial charge in [-0.05, 0) is 57.7 Å². The zero-order chi connectivity index (χ0) is 23.4. The van der Waals surface area contributed by atoms with E-state index in [9.17, 15) is 5.11 Å². The molecule has 0 aliphatic carbocycles. The Hall–Kier alpha value is -3.00. The van der Waals surface area contributed by atoms with Crippen molar-refractivity contribution in [3.05, 3.63) is 42.9 Å². The van der Waals surface area contributed by atoms with Gasteiger partial charge in [0.25, 0.3) is 0 Å². The van der Waals surface area contributed by atoms with Gasteiger partial charge < -0.3 is 15.3 Å². The SMILES string of the molecule is CN(c1cnc(-c2ccc(-c3ccn(C)n3)cc2O)cn1)[C@@H]1C[C@@]2(C)CCC[C@](C)(N2)[C@@H]1F. The Morgan fingerprint density at radius 2 is 1.97 bits per heavy atom. The van der Waals surface area contributed by atoms with Gasteiger partial charge >= 0.3 is 0 Å². The molecular formula is C25H31FN6O. The number of aromatic hydroxyl groups is 1. The Kier molecular flexibility index (Phi) is 5.16. The van der Waals surface area contributed by atoms with E-state index in [1.54, 1.807) is 23.1 Å². The first-order chi connectivity index (χ1) is 15.7. The lowest BCUT2D eigenvalue weighted by molar-refractivity contribution is 0.00197. The molecule has 33 heavy (non-hydrogen) atoms. The van der Waals surface area contributed by atoms with Crippen LogP contribution in [0.1, 0.15) is 39.5 Å². The topological polar surface area (TPSA) is 79.1 Å². The van der Waals surface area contributed by atoms with Gasteiger partial charge in [-0.15, -0.1) is 0 Å². The fourth-order valence-electron chi connectivity index (χ4n) is 5.63. The molecule has 2 saturated heterocycles. The second kappa shape index (κ2) is 7.80. The monoisotopic (exact) mass is 450 g/mol. The van der Waals surface area contributed by atoms with Crippen LogP contribution >= 0.6 is 0 Å².